The van der Waals surface area contributed by atoms with Crippen LogP contribution in [-0.2, 0) is 29.1 Å². The number of hydrogen-bond donors (Lipinski definition) is 2. The number of nitrogens with one attached hydrogen (secondary N) is 1. The zero-order chi connectivity index (χ0) is 24.1. The number of nitrogens with zero attached hydrogens (tertiary/aromatic N) is 3. The van der Waals surface area contributed by atoms with Gasteiger partial charge in [-0.05, 0) is 17.5 Å². The van der Waals surface area contributed by atoms with Gasteiger partial charge < -0.3 is 10.5 Å². The van der Waals surface area contributed by atoms with Crippen molar-refractivity contribution >= 4 is 23.7 Å². The van der Waals surface area contributed by atoms with Crippen LogP contribution in [0.15, 0.2) is 71.7 Å². The Morgan fingerprint density at radius 2 is 1.71 bits per heavy atom. The Hall–Kier alpha value is -4.47. The number of primary amides is 1. The predicted octanol–water partition coefficient (Wildman–Crippen LogP) is 2.59. The minimum absolute atomic E-state index is 0.0211. The SMILES string of the molecule is NC(=O)N(Cc1ccccc1)C(=O)C1CCc2ncc(NC(=O)OCc3ccccc3)c(=O)n21. The fraction of sp³-hybridized carbons (Fsp3) is 0.208. The summed E-state index contributed by atoms with van der Waals surface area (Å²) in [5, 5.41) is 2.39. The van der Waals surface area contributed by atoms with Crippen molar-refractivity contribution in [3.05, 3.63) is 94.2 Å². The van der Waals surface area contributed by atoms with E-state index in [1.807, 2.05) is 24.3 Å². The van der Waals surface area contributed by atoms with Crippen molar-refractivity contribution in [1.82, 2.24) is 14.5 Å². The number of benzene rings is 2. The van der Waals surface area contributed by atoms with Crippen LogP contribution < -0.4 is 16.6 Å². The van der Waals surface area contributed by atoms with Crippen LogP contribution in [0.25, 0.3) is 0 Å². The molecule has 4 rings (SSSR count). The van der Waals surface area contributed by atoms with E-state index in [4.69, 9.17) is 10.5 Å². The number of amides is 4. The molecule has 3 aromatic rings. The van der Waals surface area contributed by atoms with Gasteiger partial charge in [0.25, 0.3) is 11.5 Å². The van der Waals surface area contributed by atoms with Crippen LogP contribution in [-0.4, -0.2) is 32.5 Å². The van der Waals surface area contributed by atoms with Gasteiger partial charge in [0.1, 0.15) is 24.2 Å². The first-order valence-electron chi connectivity index (χ1n) is 10.7. The molecule has 0 bridgehead atoms. The number of nitrogens with two attached hydrogens (primary N) is 1. The first-order chi connectivity index (χ1) is 16.4. The number of rotatable bonds is 6. The van der Waals surface area contributed by atoms with Gasteiger partial charge in [-0.3, -0.25) is 24.4 Å². The van der Waals surface area contributed by atoms with Crippen LogP contribution in [0, 0.1) is 0 Å². The van der Waals surface area contributed by atoms with E-state index in [-0.39, 0.29) is 25.3 Å². The molecule has 1 aromatic heterocycles. The van der Waals surface area contributed by atoms with Crippen molar-refractivity contribution in [2.45, 2.75) is 32.0 Å². The second kappa shape index (κ2) is 9.99. The number of fused-ring (bicyclic) bond motifs is 1. The molecule has 2 aromatic carbocycles. The summed E-state index contributed by atoms with van der Waals surface area (Å²) in [6.07, 6.45) is 1.05. The quantitative estimate of drug-likeness (QED) is 0.579. The molecule has 0 radical (unpaired) electrons. The maximum Gasteiger partial charge on any atom is 0.412 e. The summed E-state index contributed by atoms with van der Waals surface area (Å²) in [6, 6.07) is 16.1. The van der Waals surface area contributed by atoms with Crippen molar-refractivity contribution in [1.29, 1.82) is 0 Å². The lowest BCUT2D eigenvalue weighted by Gasteiger charge is -2.23. The number of hydrogen-bond acceptors (Lipinski definition) is 6. The van der Waals surface area contributed by atoms with Crippen LogP contribution in [0.2, 0.25) is 0 Å². The molecule has 1 atom stereocenters. The summed E-state index contributed by atoms with van der Waals surface area (Å²) in [5.74, 6) is -0.224. The van der Waals surface area contributed by atoms with Crippen LogP contribution in [0.5, 0.6) is 0 Å². The number of anilines is 1. The van der Waals surface area contributed by atoms with E-state index in [1.165, 1.54) is 10.8 Å². The summed E-state index contributed by atoms with van der Waals surface area (Å²) in [6.45, 7) is 0.00726. The topological polar surface area (TPSA) is 137 Å². The number of carbonyl (C=O) groups is 3. The number of carbonyl (C=O) groups excluding carboxylic acids is 3. The van der Waals surface area contributed by atoms with Crippen molar-refractivity contribution in [3.63, 3.8) is 0 Å². The lowest BCUT2D eigenvalue weighted by molar-refractivity contribution is -0.132. The van der Waals surface area contributed by atoms with Gasteiger partial charge in [-0.15, -0.1) is 0 Å². The van der Waals surface area contributed by atoms with Gasteiger partial charge in [-0.2, -0.15) is 0 Å². The molecule has 1 unspecified atom stereocenters. The average molecular weight is 461 g/mol. The van der Waals surface area contributed by atoms with Gasteiger partial charge in [-0.1, -0.05) is 60.7 Å². The number of imide groups is 1. The van der Waals surface area contributed by atoms with Crippen LogP contribution in [0.1, 0.15) is 29.4 Å². The number of aromatic nitrogens is 2. The van der Waals surface area contributed by atoms with Crippen LogP contribution in [0.3, 0.4) is 0 Å². The highest BCUT2D eigenvalue weighted by molar-refractivity contribution is 5.96. The third-order valence-corrected chi connectivity index (χ3v) is 5.47. The molecule has 34 heavy (non-hydrogen) atoms. The van der Waals surface area contributed by atoms with Gasteiger partial charge >= 0.3 is 12.1 Å². The Labute approximate surface area is 195 Å². The molecule has 10 heteroatoms. The summed E-state index contributed by atoms with van der Waals surface area (Å²) in [7, 11) is 0. The van der Waals surface area contributed by atoms with Crippen LogP contribution in [0.4, 0.5) is 15.3 Å². The number of urea groups is 1. The maximum atomic E-state index is 13.2. The Bertz CT molecular complexity index is 1260. The average Bonchev–Trinajstić information content (AvgIpc) is 3.29. The molecule has 4 amide bonds. The van der Waals surface area contributed by atoms with Gasteiger partial charge in [-0.25, -0.2) is 14.6 Å². The second-order valence-electron chi connectivity index (χ2n) is 7.75. The zero-order valence-electron chi connectivity index (χ0n) is 18.2. The Morgan fingerprint density at radius 3 is 2.35 bits per heavy atom. The third kappa shape index (κ3) is 4.96. The lowest BCUT2D eigenvalue weighted by atomic mass is 10.1. The molecule has 0 spiro atoms. The largest absolute Gasteiger partial charge is 0.444 e. The zero-order valence-corrected chi connectivity index (χ0v) is 18.2. The predicted molar refractivity (Wildman–Crippen MR) is 123 cm³/mol. The van der Waals surface area contributed by atoms with Crippen LogP contribution >= 0.6 is 0 Å². The number of aryl methyl sites for hydroxylation is 1. The Morgan fingerprint density at radius 1 is 1.06 bits per heavy atom. The van der Waals surface area contributed by atoms with Gasteiger partial charge in [0.2, 0.25) is 0 Å². The molecule has 0 saturated carbocycles. The maximum absolute atomic E-state index is 13.2. The third-order valence-electron chi connectivity index (χ3n) is 5.47. The second-order valence-corrected chi connectivity index (χ2v) is 7.75. The molecule has 1 aliphatic rings. The van der Waals surface area contributed by atoms with Crippen molar-refractivity contribution in [2.24, 2.45) is 5.73 Å². The Kier molecular flexibility index (Phi) is 6.67. The van der Waals surface area contributed by atoms with Crippen molar-refractivity contribution in [2.75, 3.05) is 5.32 Å². The summed E-state index contributed by atoms with van der Waals surface area (Å²) in [4.78, 5) is 55.7. The van der Waals surface area contributed by atoms with E-state index in [1.54, 1.807) is 36.4 Å². The van der Waals surface area contributed by atoms with Gasteiger partial charge in [0, 0.05) is 6.42 Å². The lowest BCUT2D eigenvalue weighted by Crippen LogP contribution is -2.45. The van der Waals surface area contributed by atoms with Crippen molar-refractivity contribution in [3.8, 4) is 0 Å². The Balaban J connectivity index is 1.51. The van der Waals surface area contributed by atoms with E-state index in [0.717, 1.165) is 16.0 Å². The summed E-state index contributed by atoms with van der Waals surface area (Å²) >= 11 is 0. The molecule has 10 nitrogen and oxygen atoms in total. The number of ether oxygens (including phenoxy) is 1. The van der Waals surface area contributed by atoms with Crippen molar-refractivity contribution < 1.29 is 19.1 Å². The van der Waals surface area contributed by atoms with E-state index in [2.05, 4.69) is 10.3 Å². The highest BCUT2D eigenvalue weighted by atomic mass is 16.5. The smallest absolute Gasteiger partial charge is 0.412 e. The molecular formula is C24H23N5O5. The van der Waals surface area contributed by atoms with E-state index >= 15 is 0 Å². The first kappa shape index (κ1) is 22.7. The highest BCUT2D eigenvalue weighted by Gasteiger charge is 2.35. The molecule has 2 heterocycles. The van der Waals surface area contributed by atoms with E-state index < -0.39 is 29.6 Å². The molecule has 0 saturated heterocycles. The first-order valence-corrected chi connectivity index (χ1v) is 10.7. The molecule has 3 N–H and O–H groups in total. The minimum Gasteiger partial charge on any atom is -0.444 e. The minimum atomic E-state index is -0.965. The fourth-order valence-electron chi connectivity index (χ4n) is 3.80. The van der Waals surface area contributed by atoms with Gasteiger partial charge in [0.05, 0.1) is 12.7 Å². The molecular weight excluding hydrogens is 438 g/mol. The molecule has 0 fully saturated rings. The molecule has 1 aliphatic heterocycles. The summed E-state index contributed by atoms with van der Waals surface area (Å²) < 4.78 is 6.36. The van der Waals surface area contributed by atoms with Gasteiger partial charge in [0.15, 0.2) is 0 Å². The highest BCUT2D eigenvalue weighted by Crippen LogP contribution is 2.26. The van der Waals surface area contributed by atoms with E-state index in [0.29, 0.717) is 12.2 Å². The molecule has 0 aliphatic carbocycles. The summed E-state index contributed by atoms with van der Waals surface area (Å²) in [5.41, 5.74) is 6.25. The standard InChI is InChI=1S/C24H23N5O5/c25-23(32)28(14-16-7-3-1-4-8-16)22(31)19-11-12-20-26-13-18(21(30)29(19)20)27-24(33)34-15-17-9-5-2-6-10-17/h1-10,13,19H,11-12,14-15H2,(H2,25,32)(H,27,33). The van der Waals surface area contributed by atoms with E-state index in [9.17, 15) is 19.2 Å². The monoisotopic (exact) mass is 461 g/mol. The normalized spacial score (nSPS) is 14.2. The molecule has 174 valence electrons. The fourth-order valence-corrected chi connectivity index (χ4v) is 3.80.